The molecule has 0 bridgehead atoms. The molecule has 32 heavy (non-hydrogen) atoms. The lowest BCUT2D eigenvalue weighted by Gasteiger charge is -2.23. The van der Waals surface area contributed by atoms with Crippen LogP contribution in [0, 0.1) is 11.3 Å². The van der Waals surface area contributed by atoms with E-state index in [1.165, 1.54) is 36.4 Å². The number of hydrogen-bond donors (Lipinski definition) is 2. The van der Waals surface area contributed by atoms with Gasteiger partial charge in [-0.05, 0) is 49.8 Å². The highest BCUT2D eigenvalue weighted by Crippen LogP contribution is 2.27. The number of sulfonamides is 1. The molecule has 3 rings (SSSR count). The second kappa shape index (κ2) is 11.2. The van der Waals surface area contributed by atoms with Crippen LogP contribution in [0.1, 0.15) is 70.8 Å². The van der Waals surface area contributed by atoms with Gasteiger partial charge in [-0.25, -0.2) is 12.7 Å². The Bertz CT molecular complexity index is 879. The standard InChI is InChI=1S/C24H38N4O3S/c1-3-17-27-18-19(2)28(24(27)25)32(30,31)22-12-9-21(10-13-22)15-16-26-23(29)14-11-20-7-5-4-6-8-20/h9-10,12-13,19-20,25H,3-8,11,14-18H2,1-2H3,(H,26,29). The zero-order valence-corrected chi connectivity index (χ0v) is 20.3. The number of carbonyl (C=O) groups excluding carboxylic acids is 1. The van der Waals surface area contributed by atoms with Gasteiger partial charge >= 0.3 is 0 Å². The first-order valence-electron chi connectivity index (χ1n) is 12.1. The molecule has 7 nitrogen and oxygen atoms in total. The lowest BCUT2D eigenvalue weighted by molar-refractivity contribution is -0.121. The summed E-state index contributed by atoms with van der Waals surface area (Å²) < 4.78 is 27.5. The van der Waals surface area contributed by atoms with Gasteiger partial charge < -0.3 is 10.2 Å². The monoisotopic (exact) mass is 462 g/mol. The van der Waals surface area contributed by atoms with E-state index in [9.17, 15) is 13.2 Å². The van der Waals surface area contributed by atoms with Crippen LogP contribution >= 0.6 is 0 Å². The Morgan fingerprint density at radius 3 is 2.50 bits per heavy atom. The molecule has 8 heteroatoms. The molecule has 1 aliphatic carbocycles. The Balaban J connectivity index is 1.49. The molecule has 1 aromatic rings. The van der Waals surface area contributed by atoms with Crippen LogP contribution in [0.5, 0.6) is 0 Å². The van der Waals surface area contributed by atoms with Gasteiger partial charge in [0, 0.05) is 26.1 Å². The number of benzene rings is 1. The average molecular weight is 463 g/mol. The van der Waals surface area contributed by atoms with Crippen LogP contribution in [0.2, 0.25) is 0 Å². The van der Waals surface area contributed by atoms with E-state index in [1.807, 2.05) is 18.7 Å². The fourth-order valence-corrected chi connectivity index (χ4v) is 6.42. The summed E-state index contributed by atoms with van der Waals surface area (Å²) in [5.74, 6) is 0.866. The van der Waals surface area contributed by atoms with Crippen molar-refractivity contribution in [1.82, 2.24) is 14.5 Å². The maximum Gasteiger partial charge on any atom is 0.266 e. The van der Waals surface area contributed by atoms with Crippen LogP contribution in [0.4, 0.5) is 0 Å². The molecular formula is C24H38N4O3S. The van der Waals surface area contributed by atoms with E-state index in [0.717, 1.165) is 18.4 Å². The molecule has 0 radical (unpaired) electrons. The summed E-state index contributed by atoms with van der Waals surface area (Å²) in [5.41, 5.74) is 0.980. The lowest BCUT2D eigenvalue weighted by Crippen LogP contribution is -2.39. The summed E-state index contributed by atoms with van der Waals surface area (Å²) in [6.07, 6.45) is 9.56. The molecule has 2 N–H and O–H groups in total. The molecule has 1 heterocycles. The van der Waals surface area contributed by atoms with Gasteiger partial charge in [0.2, 0.25) is 11.9 Å². The molecule has 1 saturated heterocycles. The SMILES string of the molecule is CCCN1CC(C)N(S(=O)(=O)c2ccc(CCNC(=O)CCC3CCCCC3)cc2)C1=N. The number of guanidine groups is 1. The Morgan fingerprint density at radius 2 is 1.84 bits per heavy atom. The molecule has 1 unspecified atom stereocenters. The van der Waals surface area contributed by atoms with E-state index in [-0.39, 0.29) is 22.8 Å². The van der Waals surface area contributed by atoms with Gasteiger partial charge in [-0.1, -0.05) is 51.2 Å². The minimum atomic E-state index is -3.76. The van der Waals surface area contributed by atoms with Crippen molar-refractivity contribution in [3.8, 4) is 0 Å². The van der Waals surface area contributed by atoms with Gasteiger partial charge in [0.05, 0.1) is 10.9 Å². The van der Waals surface area contributed by atoms with E-state index < -0.39 is 10.0 Å². The summed E-state index contributed by atoms with van der Waals surface area (Å²) >= 11 is 0. The van der Waals surface area contributed by atoms with Crippen molar-refractivity contribution < 1.29 is 13.2 Å². The Labute approximate surface area is 193 Å². The molecular weight excluding hydrogens is 424 g/mol. The fourth-order valence-electron chi connectivity index (χ4n) is 4.83. The number of rotatable bonds is 10. The summed E-state index contributed by atoms with van der Waals surface area (Å²) in [6, 6.07) is 6.56. The van der Waals surface area contributed by atoms with E-state index in [4.69, 9.17) is 5.41 Å². The predicted molar refractivity (Wildman–Crippen MR) is 127 cm³/mol. The van der Waals surface area contributed by atoms with Crippen LogP contribution in [-0.2, 0) is 21.2 Å². The topological polar surface area (TPSA) is 93.6 Å². The molecule has 2 fully saturated rings. The van der Waals surface area contributed by atoms with Crippen molar-refractivity contribution >= 4 is 21.9 Å². The lowest BCUT2D eigenvalue weighted by atomic mass is 9.86. The first-order chi connectivity index (χ1) is 15.3. The molecule has 1 saturated carbocycles. The maximum atomic E-state index is 13.1. The van der Waals surface area contributed by atoms with Gasteiger partial charge in [0.1, 0.15) is 0 Å². The number of nitrogens with zero attached hydrogens (tertiary/aromatic N) is 2. The highest BCUT2D eigenvalue weighted by atomic mass is 32.2. The van der Waals surface area contributed by atoms with Crippen LogP contribution < -0.4 is 5.32 Å². The Hall–Kier alpha value is -2.09. The predicted octanol–water partition coefficient (Wildman–Crippen LogP) is 3.75. The minimum Gasteiger partial charge on any atom is -0.356 e. The smallest absolute Gasteiger partial charge is 0.266 e. The van der Waals surface area contributed by atoms with Gasteiger partial charge in [-0.3, -0.25) is 10.2 Å². The summed E-state index contributed by atoms with van der Waals surface area (Å²) in [5, 5.41) is 11.3. The number of nitrogens with one attached hydrogen (secondary N) is 2. The van der Waals surface area contributed by atoms with Crippen molar-refractivity contribution in [1.29, 1.82) is 5.41 Å². The Morgan fingerprint density at radius 1 is 1.16 bits per heavy atom. The highest BCUT2D eigenvalue weighted by Gasteiger charge is 2.40. The first kappa shape index (κ1) is 24.6. The number of amides is 1. The van der Waals surface area contributed by atoms with Crippen molar-refractivity contribution in [2.24, 2.45) is 5.92 Å². The van der Waals surface area contributed by atoms with Gasteiger partial charge in [-0.15, -0.1) is 0 Å². The quantitative estimate of drug-likeness (QED) is 0.554. The number of hydrogen-bond acceptors (Lipinski definition) is 4. The third-order valence-electron chi connectivity index (χ3n) is 6.61. The van der Waals surface area contributed by atoms with Crippen LogP contribution in [-0.4, -0.2) is 55.2 Å². The zero-order valence-electron chi connectivity index (χ0n) is 19.5. The van der Waals surface area contributed by atoms with E-state index in [2.05, 4.69) is 5.32 Å². The molecule has 1 aromatic carbocycles. The Kier molecular flexibility index (Phi) is 8.57. The van der Waals surface area contributed by atoms with Crippen molar-refractivity contribution in [3.63, 3.8) is 0 Å². The van der Waals surface area contributed by atoms with E-state index in [1.54, 1.807) is 24.3 Å². The summed E-state index contributed by atoms with van der Waals surface area (Å²) in [7, 11) is -3.76. The summed E-state index contributed by atoms with van der Waals surface area (Å²) in [4.78, 5) is 14.1. The highest BCUT2D eigenvalue weighted by molar-refractivity contribution is 7.89. The van der Waals surface area contributed by atoms with Crippen molar-refractivity contribution in [3.05, 3.63) is 29.8 Å². The van der Waals surface area contributed by atoms with Crippen LogP contribution in [0.3, 0.4) is 0 Å². The third kappa shape index (κ3) is 6.03. The normalized spacial score (nSPS) is 20.1. The maximum absolute atomic E-state index is 13.1. The van der Waals surface area contributed by atoms with Gasteiger partial charge in [0.15, 0.2) is 0 Å². The molecule has 1 atom stereocenters. The van der Waals surface area contributed by atoms with Crippen LogP contribution in [0.25, 0.3) is 0 Å². The average Bonchev–Trinajstić information content (AvgIpc) is 3.07. The van der Waals surface area contributed by atoms with Gasteiger partial charge in [0.25, 0.3) is 10.0 Å². The first-order valence-corrected chi connectivity index (χ1v) is 13.5. The molecule has 1 amide bonds. The summed E-state index contributed by atoms with van der Waals surface area (Å²) in [6.45, 7) is 5.64. The number of carbonyl (C=O) groups is 1. The molecule has 1 aliphatic heterocycles. The fraction of sp³-hybridized carbons (Fsp3) is 0.667. The zero-order chi connectivity index (χ0) is 23.1. The molecule has 0 spiro atoms. The van der Waals surface area contributed by atoms with E-state index in [0.29, 0.717) is 38.4 Å². The third-order valence-corrected chi connectivity index (χ3v) is 8.53. The van der Waals surface area contributed by atoms with Crippen molar-refractivity contribution in [2.75, 3.05) is 19.6 Å². The largest absolute Gasteiger partial charge is 0.356 e. The van der Waals surface area contributed by atoms with Gasteiger partial charge in [-0.2, -0.15) is 0 Å². The second-order valence-electron chi connectivity index (χ2n) is 9.21. The van der Waals surface area contributed by atoms with E-state index >= 15 is 0 Å². The second-order valence-corrected chi connectivity index (χ2v) is 11.0. The molecule has 2 aliphatic rings. The molecule has 0 aromatic heterocycles. The molecule has 178 valence electrons. The van der Waals surface area contributed by atoms with Crippen molar-refractivity contribution in [2.45, 2.75) is 82.6 Å². The minimum absolute atomic E-state index is 0.0550. The van der Waals surface area contributed by atoms with Crippen LogP contribution in [0.15, 0.2) is 29.2 Å².